The second-order valence-corrected chi connectivity index (χ2v) is 9.71. The van der Waals surface area contributed by atoms with E-state index in [1.807, 2.05) is 44.2 Å². The summed E-state index contributed by atoms with van der Waals surface area (Å²) in [6, 6.07) is 18.9. The van der Waals surface area contributed by atoms with Crippen LogP contribution in [0.2, 0.25) is 0 Å². The predicted molar refractivity (Wildman–Crippen MR) is 147 cm³/mol. The Bertz CT molecular complexity index is 1420. The number of halogens is 2. The van der Waals surface area contributed by atoms with Gasteiger partial charge in [0.05, 0.1) is 33.3 Å². The highest BCUT2D eigenvalue weighted by Gasteiger charge is 2.32. The minimum Gasteiger partial charge on any atom is -0.490 e. The molecule has 0 atom stereocenters. The lowest BCUT2D eigenvalue weighted by Crippen LogP contribution is -2.28. The van der Waals surface area contributed by atoms with Crippen molar-refractivity contribution in [2.75, 3.05) is 13.2 Å². The highest BCUT2D eigenvalue weighted by atomic mass is 79.9. The van der Waals surface area contributed by atoms with E-state index in [4.69, 9.17) is 9.47 Å². The number of benzene rings is 3. The van der Waals surface area contributed by atoms with Crippen LogP contribution in [0.1, 0.15) is 30.5 Å². The summed E-state index contributed by atoms with van der Waals surface area (Å²) in [6.45, 7) is 4.83. The van der Waals surface area contributed by atoms with Crippen molar-refractivity contribution >= 4 is 50.5 Å². The lowest BCUT2D eigenvalue weighted by atomic mass is 10.1. The van der Waals surface area contributed by atoms with E-state index in [9.17, 15) is 14.4 Å². The van der Waals surface area contributed by atoms with E-state index in [2.05, 4.69) is 27.0 Å². The number of likely N-dealkylation sites (N-methyl/N-ethyl adjacent to an activating group) is 1. The second kappa shape index (κ2) is 12.1. The Labute approximate surface area is 227 Å². The third kappa shape index (κ3) is 6.21. The molecule has 3 aromatic rings. The molecule has 1 aliphatic heterocycles. The van der Waals surface area contributed by atoms with Gasteiger partial charge in [-0.2, -0.15) is 5.26 Å². The zero-order valence-corrected chi connectivity index (χ0v) is 22.6. The number of amidine groups is 1. The van der Waals surface area contributed by atoms with Crippen molar-refractivity contribution in [1.82, 2.24) is 4.90 Å². The summed E-state index contributed by atoms with van der Waals surface area (Å²) in [7, 11) is 0. The fourth-order valence-corrected chi connectivity index (χ4v) is 5.26. The van der Waals surface area contributed by atoms with Crippen molar-refractivity contribution in [2.24, 2.45) is 4.99 Å². The number of ether oxygens (including phenoxy) is 2. The maximum Gasteiger partial charge on any atom is 0.266 e. The first kappa shape index (κ1) is 26.5. The summed E-state index contributed by atoms with van der Waals surface area (Å²) in [6.07, 6.45) is 1.78. The van der Waals surface area contributed by atoms with Crippen molar-refractivity contribution < 1.29 is 18.7 Å². The van der Waals surface area contributed by atoms with E-state index in [0.717, 1.165) is 11.1 Å². The van der Waals surface area contributed by atoms with Gasteiger partial charge in [0.15, 0.2) is 16.7 Å². The molecule has 6 nitrogen and oxygen atoms in total. The Hall–Kier alpha value is -3.61. The molecule has 0 unspecified atom stereocenters. The Kier molecular flexibility index (Phi) is 8.64. The van der Waals surface area contributed by atoms with E-state index in [0.29, 0.717) is 50.4 Å². The average molecular weight is 580 g/mol. The summed E-state index contributed by atoms with van der Waals surface area (Å²) < 4.78 is 25.8. The lowest BCUT2D eigenvalue weighted by molar-refractivity contribution is -0.122. The summed E-state index contributed by atoms with van der Waals surface area (Å²) in [5.74, 6) is 0.525. The maximum atomic E-state index is 13.3. The lowest BCUT2D eigenvalue weighted by Gasteiger charge is -2.15. The zero-order valence-electron chi connectivity index (χ0n) is 20.2. The average Bonchev–Trinajstić information content (AvgIpc) is 3.18. The zero-order chi connectivity index (χ0) is 26.4. The molecule has 188 valence electrons. The van der Waals surface area contributed by atoms with Crippen LogP contribution in [0.4, 0.5) is 10.1 Å². The maximum absolute atomic E-state index is 13.3. The molecule has 0 aromatic heterocycles. The molecule has 0 N–H and O–H groups in total. The van der Waals surface area contributed by atoms with Crippen molar-refractivity contribution in [3.8, 4) is 17.6 Å². The number of rotatable bonds is 8. The van der Waals surface area contributed by atoms with E-state index >= 15 is 0 Å². The van der Waals surface area contributed by atoms with Crippen LogP contribution >= 0.6 is 27.7 Å². The van der Waals surface area contributed by atoms with E-state index in [1.54, 1.807) is 29.2 Å². The number of nitriles is 1. The SMILES string of the molecule is CCOc1cc(/C=C2/SC(=Nc3ccc(F)cc3)N(CC)C2=O)cc(Br)c1OCc1ccccc1C#N. The van der Waals surface area contributed by atoms with Crippen molar-refractivity contribution in [3.63, 3.8) is 0 Å². The molecule has 1 heterocycles. The Morgan fingerprint density at radius 3 is 2.59 bits per heavy atom. The molecule has 0 saturated carbocycles. The summed E-state index contributed by atoms with van der Waals surface area (Å²) in [5, 5.41) is 9.88. The van der Waals surface area contributed by atoms with E-state index in [-0.39, 0.29) is 18.3 Å². The Morgan fingerprint density at radius 2 is 1.89 bits per heavy atom. The normalized spacial score (nSPS) is 15.3. The van der Waals surface area contributed by atoms with Crippen LogP contribution in [-0.4, -0.2) is 29.1 Å². The fraction of sp³-hybridized carbons (Fsp3) is 0.179. The molecule has 9 heteroatoms. The number of aliphatic imine (C=N–C) groups is 1. The molecular weight excluding hydrogens is 557 g/mol. The van der Waals surface area contributed by atoms with Gasteiger partial charge in [0, 0.05) is 12.1 Å². The molecule has 3 aromatic carbocycles. The number of amides is 1. The van der Waals surface area contributed by atoms with Crippen LogP contribution in [0, 0.1) is 17.1 Å². The molecule has 1 aliphatic rings. The van der Waals surface area contributed by atoms with Gasteiger partial charge in [-0.1, -0.05) is 18.2 Å². The third-order valence-electron chi connectivity index (χ3n) is 5.39. The summed E-state index contributed by atoms with van der Waals surface area (Å²) >= 11 is 4.84. The molecule has 0 aliphatic carbocycles. The van der Waals surface area contributed by atoms with Crippen molar-refractivity contribution in [2.45, 2.75) is 20.5 Å². The summed E-state index contributed by atoms with van der Waals surface area (Å²) in [5.41, 5.74) is 2.63. The van der Waals surface area contributed by atoms with Gasteiger partial charge in [0.1, 0.15) is 12.4 Å². The number of carbonyl (C=O) groups is 1. The van der Waals surface area contributed by atoms with Crippen LogP contribution in [0.5, 0.6) is 11.5 Å². The minimum atomic E-state index is -0.343. The van der Waals surface area contributed by atoms with Crippen LogP contribution in [-0.2, 0) is 11.4 Å². The van der Waals surface area contributed by atoms with E-state index in [1.165, 1.54) is 23.9 Å². The van der Waals surface area contributed by atoms with Gasteiger partial charge in [0.25, 0.3) is 5.91 Å². The van der Waals surface area contributed by atoms with Crippen molar-refractivity contribution in [1.29, 1.82) is 5.26 Å². The summed E-state index contributed by atoms with van der Waals surface area (Å²) in [4.78, 5) is 19.7. The standard InChI is InChI=1S/C28H23BrFN3O3S/c1-3-33-27(34)25(37-28(33)32-22-11-9-21(30)10-12-22)15-18-13-23(29)26(24(14-18)35-4-2)36-17-20-8-6-5-7-19(20)16-31/h5-15H,3-4,17H2,1-2H3/b25-15+,32-28?. The number of hydrogen-bond acceptors (Lipinski definition) is 6. The van der Waals surface area contributed by atoms with E-state index < -0.39 is 0 Å². The molecule has 4 rings (SSSR count). The van der Waals surface area contributed by atoms with Crippen LogP contribution in [0.25, 0.3) is 6.08 Å². The van der Waals surface area contributed by atoms with Gasteiger partial charge in [-0.15, -0.1) is 0 Å². The molecule has 1 saturated heterocycles. The number of thioether (sulfide) groups is 1. The van der Waals surface area contributed by atoms with Gasteiger partial charge in [0.2, 0.25) is 0 Å². The molecule has 1 fully saturated rings. The Balaban J connectivity index is 1.62. The topological polar surface area (TPSA) is 74.9 Å². The minimum absolute atomic E-state index is 0.157. The van der Waals surface area contributed by atoms with Gasteiger partial charge in [-0.05, 0) is 95.6 Å². The molecule has 1 amide bonds. The first-order valence-corrected chi connectivity index (χ1v) is 13.2. The van der Waals surface area contributed by atoms with Gasteiger partial charge < -0.3 is 9.47 Å². The molecule has 0 radical (unpaired) electrons. The molecule has 37 heavy (non-hydrogen) atoms. The fourth-order valence-electron chi connectivity index (χ4n) is 3.63. The van der Waals surface area contributed by atoms with Crippen LogP contribution in [0.3, 0.4) is 0 Å². The monoisotopic (exact) mass is 579 g/mol. The van der Waals surface area contributed by atoms with Crippen LogP contribution < -0.4 is 9.47 Å². The smallest absolute Gasteiger partial charge is 0.266 e. The third-order valence-corrected chi connectivity index (χ3v) is 6.99. The Morgan fingerprint density at radius 1 is 1.14 bits per heavy atom. The van der Waals surface area contributed by atoms with Gasteiger partial charge >= 0.3 is 0 Å². The van der Waals surface area contributed by atoms with Gasteiger partial charge in [-0.25, -0.2) is 9.38 Å². The van der Waals surface area contributed by atoms with Gasteiger partial charge in [-0.3, -0.25) is 9.69 Å². The highest BCUT2D eigenvalue weighted by Crippen LogP contribution is 2.40. The second-order valence-electron chi connectivity index (χ2n) is 7.85. The predicted octanol–water partition coefficient (Wildman–Crippen LogP) is 7.06. The quantitative estimate of drug-likeness (QED) is 0.267. The molecular formula is C28H23BrFN3O3S. The highest BCUT2D eigenvalue weighted by molar-refractivity contribution is 9.10. The first-order valence-electron chi connectivity index (χ1n) is 11.6. The number of nitrogens with zero attached hydrogens (tertiary/aromatic N) is 3. The largest absolute Gasteiger partial charge is 0.490 e. The molecule has 0 spiro atoms. The molecule has 0 bridgehead atoms. The number of carbonyl (C=O) groups excluding carboxylic acids is 1. The van der Waals surface area contributed by atoms with Crippen molar-refractivity contribution in [3.05, 3.63) is 92.5 Å². The van der Waals surface area contributed by atoms with Crippen LogP contribution in [0.15, 0.2) is 75.0 Å². The first-order chi connectivity index (χ1) is 17.9. The number of hydrogen-bond donors (Lipinski definition) is 0.